The minimum atomic E-state index is -0.749. The molecule has 3 aliphatic heterocycles. The van der Waals surface area contributed by atoms with Crippen molar-refractivity contribution in [1.29, 1.82) is 0 Å². The maximum atomic E-state index is 13.9. The molecule has 3 unspecified atom stereocenters. The van der Waals surface area contributed by atoms with Gasteiger partial charge in [-0.25, -0.2) is 0 Å². The third kappa shape index (κ3) is 4.70. The molecule has 33 heavy (non-hydrogen) atoms. The lowest BCUT2D eigenvalue weighted by Gasteiger charge is -2.40. The number of rotatable bonds is 8. The second-order valence-corrected chi connectivity index (χ2v) is 14.2. The van der Waals surface area contributed by atoms with Crippen LogP contribution in [0.4, 0.5) is 0 Å². The lowest BCUT2D eigenvalue weighted by molar-refractivity contribution is -0.154. The fraction of sp³-hybridized carbons (Fsp3) is 0.875. The van der Waals surface area contributed by atoms with E-state index >= 15 is 0 Å². The summed E-state index contributed by atoms with van der Waals surface area (Å²) in [5.41, 5.74) is -0.467. The monoisotopic (exact) mass is 546 g/mol. The molecular weight excluding hydrogens is 508 g/mol. The topological polar surface area (TPSA) is 95.9 Å². The van der Waals surface area contributed by atoms with E-state index < -0.39 is 34.2 Å². The number of aliphatic hydroxyl groups excluding tert-OH is 1. The highest BCUT2D eigenvalue weighted by molar-refractivity contribution is 9.09. The number of alkyl halides is 1. The molecule has 0 saturated carbocycles. The molecule has 2 amide bonds. The van der Waals surface area contributed by atoms with Crippen LogP contribution in [0.15, 0.2) is 0 Å². The van der Waals surface area contributed by atoms with E-state index in [0.717, 1.165) is 6.42 Å². The van der Waals surface area contributed by atoms with E-state index in [1.165, 1.54) is 0 Å². The van der Waals surface area contributed by atoms with Gasteiger partial charge in [0.25, 0.3) is 0 Å². The smallest absolute Gasteiger partial charge is 0.310 e. The van der Waals surface area contributed by atoms with Gasteiger partial charge >= 0.3 is 5.97 Å². The number of likely N-dealkylation sites (tertiary alicyclic amines) is 1. The lowest BCUT2D eigenvalue weighted by Crippen LogP contribution is -2.60. The predicted molar refractivity (Wildman–Crippen MR) is 133 cm³/mol. The van der Waals surface area contributed by atoms with Crippen LogP contribution in [0.3, 0.4) is 0 Å². The number of carbonyl (C=O) groups excluding carboxylic acids is 3. The molecule has 0 aliphatic carbocycles. The molecule has 2 bridgehead atoms. The summed E-state index contributed by atoms with van der Waals surface area (Å²) in [6, 6.07) is -1.23. The van der Waals surface area contributed by atoms with Crippen molar-refractivity contribution in [2.45, 2.75) is 100 Å². The van der Waals surface area contributed by atoms with Crippen molar-refractivity contribution >= 4 is 45.5 Å². The summed E-state index contributed by atoms with van der Waals surface area (Å²) < 4.78 is 4.64. The largest absolute Gasteiger partial charge is 0.466 e. The highest BCUT2D eigenvalue weighted by atomic mass is 79.9. The van der Waals surface area contributed by atoms with Crippen molar-refractivity contribution in [3.05, 3.63) is 0 Å². The first-order valence-corrected chi connectivity index (χ1v) is 13.8. The van der Waals surface area contributed by atoms with Gasteiger partial charge in [-0.05, 0) is 45.4 Å². The molecule has 3 rings (SSSR count). The van der Waals surface area contributed by atoms with E-state index in [1.54, 1.807) is 23.6 Å². The maximum absolute atomic E-state index is 13.9. The molecule has 1 spiro atoms. The standard InChI is InChI=1S/C24H39BrN2O5S/c1-8-13(11-28)27-18(19(29)26-23(6,7)12-22(3,4)5)24-10-14(25)17(33-24)15(16(24)20(27)30)21(31)32-9-2/h13-18,28H,8-12H2,1-7H3,(H,26,29)/t13-,14?,15-,16-,17-,18?,24?/m0/s1. The molecule has 3 saturated heterocycles. The second kappa shape index (κ2) is 9.34. The van der Waals surface area contributed by atoms with Crippen LogP contribution in [0.5, 0.6) is 0 Å². The number of thioether (sulfide) groups is 1. The first-order chi connectivity index (χ1) is 15.2. The zero-order valence-electron chi connectivity index (χ0n) is 20.8. The Morgan fingerprint density at radius 2 is 1.94 bits per heavy atom. The van der Waals surface area contributed by atoms with E-state index in [2.05, 4.69) is 42.0 Å². The molecule has 0 radical (unpaired) electrons. The molecule has 9 heteroatoms. The number of nitrogens with zero attached hydrogens (tertiary/aromatic N) is 1. The Morgan fingerprint density at radius 3 is 2.45 bits per heavy atom. The molecule has 3 fully saturated rings. The highest BCUT2D eigenvalue weighted by Crippen LogP contribution is 2.68. The molecule has 0 aromatic carbocycles. The number of halogens is 1. The summed E-state index contributed by atoms with van der Waals surface area (Å²) in [6.07, 6.45) is 1.91. The van der Waals surface area contributed by atoms with Crippen LogP contribution in [0.2, 0.25) is 0 Å². The molecule has 7 atom stereocenters. The van der Waals surface area contributed by atoms with Crippen molar-refractivity contribution in [3.8, 4) is 0 Å². The molecule has 0 aromatic rings. The van der Waals surface area contributed by atoms with Gasteiger partial charge in [0.15, 0.2) is 0 Å². The van der Waals surface area contributed by atoms with Crippen molar-refractivity contribution in [2.75, 3.05) is 13.2 Å². The first-order valence-electron chi connectivity index (χ1n) is 12.0. The van der Waals surface area contributed by atoms with Crippen molar-refractivity contribution in [3.63, 3.8) is 0 Å². The Bertz CT molecular complexity index is 796. The Kier molecular flexibility index (Phi) is 7.58. The first kappa shape index (κ1) is 26.8. The summed E-state index contributed by atoms with van der Waals surface area (Å²) in [6.45, 7) is 14.1. The normalized spacial score (nSPS) is 34.4. The average Bonchev–Trinajstić information content (AvgIpc) is 3.24. The number of hydrogen-bond donors (Lipinski definition) is 2. The summed E-state index contributed by atoms with van der Waals surface area (Å²) in [5.74, 6) is -2.01. The van der Waals surface area contributed by atoms with Gasteiger partial charge in [-0.15, -0.1) is 11.8 Å². The number of aliphatic hydroxyl groups is 1. The predicted octanol–water partition coefficient (Wildman–Crippen LogP) is 3.12. The van der Waals surface area contributed by atoms with Crippen molar-refractivity contribution < 1.29 is 24.2 Å². The van der Waals surface area contributed by atoms with E-state index in [0.29, 0.717) is 12.8 Å². The SMILES string of the molecule is CCOC(=O)[C@H]1[C@H]2C(=O)N([C@@H](CC)CO)C(C(=O)NC(C)(C)CC(C)(C)C)C23CC(Br)[C@@H]1S3. The Morgan fingerprint density at radius 1 is 1.30 bits per heavy atom. The average molecular weight is 548 g/mol. The van der Waals surface area contributed by atoms with Crippen LogP contribution in [0.25, 0.3) is 0 Å². The van der Waals surface area contributed by atoms with E-state index in [9.17, 15) is 19.5 Å². The summed E-state index contributed by atoms with van der Waals surface area (Å²) in [5, 5.41) is 13.2. The number of ether oxygens (including phenoxy) is 1. The fourth-order valence-electron chi connectivity index (χ4n) is 6.45. The maximum Gasteiger partial charge on any atom is 0.310 e. The molecule has 2 N–H and O–H groups in total. The highest BCUT2D eigenvalue weighted by Gasteiger charge is 2.76. The number of amides is 2. The van der Waals surface area contributed by atoms with Gasteiger partial charge in [0.1, 0.15) is 6.04 Å². The zero-order valence-corrected chi connectivity index (χ0v) is 23.2. The summed E-state index contributed by atoms with van der Waals surface area (Å²) >= 11 is 5.32. The van der Waals surface area contributed by atoms with Crippen LogP contribution in [-0.4, -0.2) is 73.5 Å². The number of hydrogen-bond acceptors (Lipinski definition) is 6. The van der Waals surface area contributed by atoms with Gasteiger partial charge in [-0.2, -0.15) is 0 Å². The molecule has 3 aliphatic rings. The zero-order chi connectivity index (χ0) is 24.9. The number of esters is 1. The fourth-order valence-corrected chi connectivity index (χ4v) is 10.0. The Hall–Kier alpha value is -0.800. The van der Waals surface area contributed by atoms with Crippen LogP contribution in [0, 0.1) is 17.3 Å². The third-order valence-corrected chi connectivity index (χ3v) is 10.3. The van der Waals surface area contributed by atoms with E-state index in [1.807, 2.05) is 20.8 Å². The van der Waals surface area contributed by atoms with Crippen molar-refractivity contribution in [2.24, 2.45) is 17.3 Å². The van der Waals surface area contributed by atoms with Crippen LogP contribution < -0.4 is 5.32 Å². The quantitative estimate of drug-likeness (QED) is 0.358. The molecule has 0 aromatic heterocycles. The summed E-state index contributed by atoms with van der Waals surface area (Å²) in [4.78, 5) is 42.4. The van der Waals surface area contributed by atoms with Gasteiger partial charge in [-0.1, -0.05) is 43.6 Å². The third-order valence-electron chi connectivity index (χ3n) is 7.04. The van der Waals surface area contributed by atoms with Crippen LogP contribution in [0.1, 0.15) is 67.7 Å². The minimum Gasteiger partial charge on any atom is -0.466 e. The Labute approximate surface area is 210 Å². The number of carbonyl (C=O) groups is 3. The molecule has 3 heterocycles. The van der Waals surface area contributed by atoms with Crippen molar-refractivity contribution in [1.82, 2.24) is 10.2 Å². The van der Waals surface area contributed by atoms with Gasteiger partial charge in [0.05, 0.1) is 35.8 Å². The second-order valence-electron chi connectivity index (χ2n) is 11.5. The van der Waals surface area contributed by atoms with Crippen LogP contribution >= 0.6 is 27.7 Å². The van der Waals surface area contributed by atoms with Gasteiger partial charge in [-0.3, -0.25) is 14.4 Å². The number of fused-ring (bicyclic) bond motifs is 1. The van der Waals surface area contributed by atoms with Gasteiger partial charge in [0, 0.05) is 15.6 Å². The molecule has 188 valence electrons. The van der Waals surface area contributed by atoms with Gasteiger partial charge in [0.2, 0.25) is 11.8 Å². The number of nitrogens with one attached hydrogen (secondary N) is 1. The molecular formula is C24H39BrN2O5S. The van der Waals surface area contributed by atoms with E-state index in [-0.39, 0.29) is 46.5 Å². The lowest BCUT2D eigenvalue weighted by atomic mass is 9.71. The molecule has 7 nitrogen and oxygen atoms in total. The minimum absolute atomic E-state index is 0.00740. The summed E-state index contributed by atoms with van der Waals surface area (Å²) in [7, 11) is 0. The van der Waals surface area contributed by atoms with Crippen LogP contribution in [-0.2, 0) is 19.1 Å². The van der Waals surface area contributed by atoms with E-state index in [4.69, 9.17) is 4.74 Å². The van der Waals surface area contributed by atoms with Gasteiger partial charge < -0.3 is 20.1 Å². The Balaban J connectivity index is 2.04.